The van der Waals surface area contributed by atoms with Crippen molar-refractivity contribution >= 4 is 11.2 Å². The van der Waals surface area contributed by atoms with Crippen LogP contribution in [0.1, 0.15) is 19.7 Å². The third kappa shape index (κ3) is 2.87. The zero-order valence-electron chi connectivity index (χ0n) is 15.4. The molecule has 26 heavy (non-hydrogen) atoms. The zero-order valence-corrected chi connectivity index (χ0v) is 15.4. The van der Waals surface area contributed by atoms with Gasteiger partial charge in [0, 0.05) is 20.1 Å². The Balaban J connectivity index is 2.02. The Morgan fingerprint density at radius 2 is 1.62 bits per heavy atom. The molecule has 3 rings (SSSR count). The smallest absolute Gasteiger partial charge is 0.332 e. The molecule has 2 heterocycles. The van der Waals surface area contributed by atoms with E-state index in [9.17, 15) is 9.59 Å². The molecular weight excluding hydrogens is 336 g/mol. The van der Waals surface area contributed by atoms with Crippen LogP contribution in [0.4, 0.5) is 0 Å². The van der Waals surface area contributed by atoms with Gasteiger partial charge in [0.15, 0.2) is 11.2 Å². The molecule has 0 bridgehead atoms. The van der Waals surface area contributed by atoms with Gasteiger partial charge in [0.05, 0.1) is 7.11 Å². The molecule has 138 valence electrons. The van der Waals surface area contributed by atoms with Crippen LogP contribution in [0, 0.1) is 0 Å². The lowest BCUT2D eigenvalue weighted by Crippen LogP contribution is -2.39. The summed E-state index contributed by atoms with van der Waals surface area (Å²) in [6.07, 6.45) is 0. The van der Waals surface area contributed by atoms with Gasteiger partial charge in [-0.1, -0.05) is 0 Å². The number of fused-ring (bicyclic) bond motifs is 1. The van der Waals surface area contributed by atoms with Crippen LogP contribution >= 0.6 is 0 Å². The van der Waals surface area contributed by atoms with Gasteiger partial charge in [-0.25, -0.2) is 9.78 Å². The van der Waals surface area contributed by atoms with Gasteiger partial charge in [-0.05, 0) is 38.1 Å². The average molecular weight is 358 g/mol. The molecule has 0 aliphatic rings. The molecule has 0 fully saturated rings. The van der Waals surface area contributed by atoms with Crippen LogP contribution in [-0.4, -0.2) is 25.8 Å². The van der Waals surface area contributed by atoms with Crippen LogP contribution in [0.15, 0.2) is 33.9 Å². The van der Waals surface area contributed by atoms with Crippen LogP contribution in [0.3, 0.4) is 0 Å². The van der Waals surface area contributed by atoms with Gasteiger partial charge >= 0.3 is 5.69 Å². The number of ether oxygens (including phenoxy) is 2. The molecule has 3 aromatic rings. The van der Waals surface area contributed by atoms with E-state index >= 15 is 0 Å². The molecule has 0 aliphatic carbocycles. The quantitative estimate of drug-likeness (QED) is 0.667. The molecule has 0 unspecified atom stereocenters. The Hall–Kier alpha value is -3.03. The number of benzene rings is 1. The van der Waals surface area contributed by atoms with E-state index < -0.39 is 0 Å². The Labute approximate surface area is 150 Å². The number of aryl methyl sites for hydroxylation is 2. The highest BCUT2D eigenvalue weighted by molar-refractivity contribution is 5.71. The van der Waals surface area contributed by atoms with Crippen molar-refractivity contribution in [2.45, 2.75) is 33.5 Å². The second-order valence-electron chi connectivity index (χ2n) is 5.80. The van der Waals surface area contributed by atoms with E-state index in [1.165, 1.54) is 9.13 Å². The van der Waals surface area contributed by atoms with Gasteiger partial charge in [-0.15, -0.1) is 0 Å². The number of hydrogen-bond donors (Lipinski definition) is 0. The van der Waals surface area contributed by atoms with Crippen LogP contribution < -0.4 is 20.7 Å². The average Bonchev–Trinajstić information content (AvgIpc) is 2.97. The minimum absolute atomic E-state index is 0.182. The molecule has 0 N–H and O–H groups in total. The Bertz CT molecular complexity index is 1040. The SMILES string of the molecule is CCn1c(=O)c2c(nc(COc3ccc(OC)cc3)n2C)n(CC)c1=O. The van der Waals surface area contributed by atoms with Crippen molar-refractivity contribution in [2.24, 2.45) is 7.05 Å². The number of nitrogens with zero attached hydrogens (tertiary/aromatic N) is 4. The molecule has 2 aromatic heterocycles. The molecule has 1 aromatic carbocycles. The molecular formula is C18H22N4O4. The Morgan fingerprint density at radius 3 is 2.19 bits per heavy atom. The monoisotopic (exact) mass is 358 g/mol. The fourth-order valence-electron chi connectivity index (χ4n) is 2.92. The first kappa shape index (κ1) is 17.8. The summed E-state index contributed by atoms with van der Waals surface area (Å²) in [5, 5.41) is 0. The highest BCUT2D eigenvalue weighted by Crippen LogP contribution is 2.19. The molecule has 0 saturated carbocycles. The largest absolute Gasteiger partial charge is 0.497 e. The summed E-state index contributed by atoms with van der Waals surface area (Å²) in [5.41, 5.74) is 0.126. The van der Waals surface area contributed by atoms with E-state index in [1.807, 2.05) is 6.92 Å². The predicted molar refractivity (Wildman–Crippen MR) is 97.9 cm³/mol. The Morgan fingerprint density at radius 1 is 1.00 bits per heavy atom. The van der Waals surface area contributed by atoms with Crippen molar-refractivity contribution in [1.82, 2.24) is 18.7 Å². The topological polar surface area (TPSA) is 80.3 Å². The normalized spacial score (nSPS) is 11.1. The standard InChI is InChI=1S/C18H22N4O4/c1-5-21-16-15(17(23)22(6-2)18(21)24)20(3)14(19-16)11-26-13-9-7-12(25-4)8-10-13/h7-10H,5-6,11H2,1-4H3. The lowest BCUT2D eigenvalue weighted by atomic mass is 10.3. The first-order valence-electron chi connectivity index (χ1n) is 8.47. The summed E-state index contributed by atoms with van der Waals surface area (Å²) in [7, 11) is 3.36. The number of aromatic nitrogens is 4. The maximum Gasteiger partial charge on any atom is 0.332 e. The third-order valence-electron chi connectivity index (χ3n) is 4.39. The fraction of sp³-hybridized carbons (Fsp3) is 0.389. The lowest BCUT2D eigenvalue weighted by molar-refractivity contribution is 0.292. The van der Waals surface area contributed by atoms with Crippen LogP contribution in [0.5, 0.6) is 11.5 Å². The summed E-state index contributed by atoms with van der Waals surface area (Å²) in [4.78, 5) is 29.6. The van der Waals surface area contributed by atoms with Gasteiger partial charge < -0.3 is 14.0 Å². The molecule has 0 atom stereocenters. The van der Waals surface area contributed by atoms with E-state index in [2.05, 4.69) is 4.98 Å². The maximum absolute atomic E-state index is 12.7. The summed E-state index contributed by atoms with van der Waals surface area (Å²) in [6.45, 7) is 4.56. The first-order valence-corrected chi connectivity index (χ1v) is 8.47. The lowest BCUT2D eigenvalue weighted by Gasteiger charge is -2.08. The van der Waals surface area contributed by atoms with E-state index in [0.717, 1.165) is 5.75 Å². The van der Waals surface area contributed by atoms with E-state index in [0.29, 0.717) is 35.8 Å². The predicted octanol–water partition coefficient (Wildman–Crippen LogP) is 1.52. The number of imidazole rings is 1. The fourth-order valence-corrected chi connectivity index (χ4v) is 2.92. The molecule has 0 radical (unpaired) electrons. The van der Waals surface area contributed by atoms with Crippen molar-refractivity contribution in [3.8, 4) is 11.5 Å². The minimum Gasteiger partial charge on any atom is -0.497 e. The van der Waals surface area contributed by atoms with Crippen molar-refractivity contribution < 1.29 is 9.47 Å². The summed E-state index contributed by atoms with van der Waals surface area (Å²) < 4.78 is 15.3. The molecule has 0 spiro atoms. The van der Waals surface area contributed by atoms with E-state index in [4.69, 9.17) is 9.47 Å². The molecule has 0 amide bonds. The molecule has 0 saturated heterocycles. The van der Waals surface area contributed by atoms with Gasteiger partial charge in [-0.3, -0.25) is 13.9 Å². The van der Waals surface area contributed by atoms with Crippen molar-refractivity contribution in [2.75, 3.05) is 7.11 Å². The van der Waals surface area contributed by atoms with Gasteiger partial charge in [0.2, 0.25) is 0 Å². The maximum atomic E-state index is 12.7. The zero-order chi connectivity index (χ0) is 18.8. The van der Waals surface area contributed by atoms with Crippen molar-refractivity contribution in [1.29, 1.82) is 0 Å². The van der Waals surface area contributed by atoms with Crippen molar-refractivity contribution in [3.63, 3.8) is 0 Å². The van der Waals surface area contributed by atoms with E-state index in [-0.39, 0.29) is 17.9 Å². The number of rotatable bonds is 6. The summed E-state index contributed by atoms with van der Waals surface area (Å²) >= 11 is 0. The van der Waals surface area contributed by atoms with E-state index in [1.54, 1.807) is 49.9 Å². The van der Waals surface area contributed by atoms with Crippen LogP contribution in [-0.2, 0) is 26.7 Å². The Kier molecular flexibility index (Phi) is 4.83. The summed E-state index contributed by atoms with van der Waals surface area (Å²) in [6, 6.07) is 7.21. The van der Waals surface area contributed by atoms with Gasteiger partial charge in [-0.2, -0.15) is 0 Å². The molecule has 8 nitrogen and oxygen atoms in total. The second kappa shape index (κ2) is 7.07. The van der Waals surface area contributed by atoms with Crippen LogP contribution in [0.2, 0.25) is 0 Å². The molecule has 0 aliphatic heterocycles. The van der Waals surface area contributed by atoms with Gasteiger partial charge in [0.25, 0.3) is 5.56 Å². The highest BCUT2D eigenvalue weighted by atomic mass is 16.5. The van der Waals surface area contributed by atoms with Gasteiger partial charge in [0.1, 0.15) is 23.9 Å². The number of methoxy groups -OCH3 is 1. The highest BCUT2D eigenvalue weighted by Gasteiger charge is 2.19. The van der Waals surface area contributed by atoms with Crippen molar-refractivity contribution in [3.05, 3.63) is 50.9 Å². The first-order chi connectivity index (χ1) is 12.5. The number of hydrogen-bond acceptors (Lipinski definition) is 5. The second-order valence-corrected chi connectivity index (χ2v) is 5.80. The molecule has 8 heteroatoms. The third-order valence-corrected chi connectivity index (χ3v) is 4.39. The summed E-state index contributed by atoms with van der Waals surface area (Å²) in [5.74, 6) is 1.98. The van der Waals surface area contributed by atoms with Crippen LogP contribution in [0.25, 0.3) is 11.2 Å². The minimum atomic E-state index is -0.340.